The fraction of sp³-hybridized carbons (Fsp3) is 0.667. The standard InChI is InChI=1S/C30H40O3/c1-20(32)26-11-12-28-25-10-9-23-18-24(33)13-16-29(23,2)27(25)14-17-30(26,28)15-3-4-21-5-7-22(19-31)8-6-21/h5-9,25-28,31H,3-4,10-19H2,1-2H3/t25-,26-,27-,28+,29-,30-/m1/s1. The van der Waals surface area contributed by atoms with Crippen molar-refractivity contribution in [2.45, 2.75) is 91.1 Å². The van der Waals surface area contributed by atoms with Gasteiger partial charge >= 0.3 is 0 Å². The summed E-state index contributed by atoms with van der Waals surface area (Å²) in [5.74, 6) is 3.06. The first kappa shape index (κ1) is 23.0. The minimum absolute atomic E-state index is 0.0944. The van der Waals surface area contributed by atoms with E-state index in [1.807, 2.05) is 19.1 Å². The SMILES string of the molecule is CC(=O)[C@H]1CC[C@H]2[C@@H]3CC=C4CC(=O)CC[C@@]4(C)[C@@H]3CC[C@]12CCCc1ccc(CO)cc1. The van der Waals surface area contributed by atoms with Crippen LogP contribution < -0.4 is 0 Å². The van der Waals surface area contributed by atoms with Crippen molar-refractivity contribution in [1.82, 2.24) is 0 Å². The van der Waals surface area contributed by atoms with Gasteiger partial charge in [-0.15, -0.1) is 0 Å². The molecule has 1 aromatic carbocycles. The molecule has 33 heavy (non-hydrogen) atoms. The van der Waals surface area contributed by atoms with E-state index in [4.69, 9.17) is 0 Å². The van der Waals surface area contributed by atoms with Gasteiger partial charge in [0, 0.05) is 18.8 Å². The minimum atomic E-state index is 0.0944. The van der Waals surface area contributed by atoms with E-state index in [2.05, 4.69) is 25.1 Å². The third-order valence-electron chi connectivity index (χ3n) is 10.5. The molecular weight excluding hydrogens is 408 g/mol. The van der Waals surface area contributed by atoms with Crippen LogP contribution in [0.3, 0.4) is 0 Å². The summed E-state index contributed by atoms with van der Waals surface area (Å²) in [6, 6.07) is 8.34. The van der Waals surface area contributed by atoms with Gasteiger partial charge in [0.2, 0.25) is 0 Å². The van der Waals surface area contributed by atoms with E-state index in [-0.39, 0.29) is 23.4 Å². The number of carbonyl (C=O) groups excluding carboxylic acids is 2. The maximum atomic E-state index is 12.8. The number of ketones is 2. The number of aryl methyl sites for hydroxylation is 1. The van der Waals surface area contributed by atoms with Crippen LogP contribution in [0.5, 0.6) is 0 Å². The summed E-state index contributed by atoms with van der Waals surface area (Å²) in [6.45, 7) is 4.38. The van der Waals surface area contributed by atoms with Gasteiger partial charge in [-0.2, -0.15) is 0 Å². The van der Waals surface area contributed by atoms with Crippen LogP contribution in [0.2, 0.25) is 0 Å². The Morgan fingerprint density at radius 3 is 2.55 bits per heavy atom. The topological polar surface area (TPSA) is 54.4 Å². The van der Waals surface area contributed by atoms with Gasteiger partial charge in [0.05, 0.1) is 6.61 Å². The Kier molecular flexibility index (Phi) is 6.14. The molecule has 0 aromatic heterocycles. The maximum absolute atomic E-state index is 12.8. The molecule has 1 N–H and O–H groups in total. The fourth-order valence-electron chi connectivity index (χ4n) is 8.81. The summed E-state index contributed by atoms with van der Waals surface area (Å²) in [5, 5.41) is 9.30. The highest BCUT2D eigenvalue weighted by atomic mass is 16.3. The van der Waals surface area contributed by atoms with E-state index in [1.54, 1.807) is 0 Å². The quantitative estimate of drug-likeness (QED) is 0.526. The number of rotatable bonds is 6. The van der Waals surface area contributed by atoms with Gasteiger partial charge in [-0.1, -0.05) is 42.8 Å². The van der Waals surface area contributed by atoms with Crippen molar-refractivity contribution in [3.63, 3.8) is 0 Å². The van der Waals surface area contributed by atoms with Gasteiger partial charge in [-0.3, -0.25) is 9.59 Å². The molecule has 3 nitrogen and oxygen atoms in total. The highest BCUT2D eigenvalue weighted by Crippen LogP contribution is 2.67. The Bertz CT molecular complexity index is 944. The van der Waals surface area contributed by atoms with Gasteiger partial charge in [0.1, 0.15) is 11.6 Å². The van der Waals surface area contributed by atoms with Crippen LogP contribution >= 0.6 is 0 Å². The van der Waals surface area contributed by atoms with Crippen molar-refractivity contribution in [2.75, 3.05) is 0 Å². The molecule has 0 heterocycles. The van der Waals surface area contributed by atoms with Crippen molar-refractivity contribution in [3.05, 3.63) is 47.0 Å². The minimum Gasteiger partial charge on any atom is -0.392 e. The number of fused-ring (bicyclic) bond motifs is 5. The zero-order chi connectivity index (χ0) is 23.2. The molecule has 6 atom stereocenters. The van der Waals surface area contributed by atoms with Crippen LogP contribution in [-0.4, -0.2) is 16.7 Å². The third-order valence-corrected chi connectivity index (χ3v) is 10.5. The van der Waals surface area contributed by atoms with Crippen LogP contribution in [0.4, 0.5) is 0 Å². The molecule has 0 spiro atoms. The van der Waals surface area contributed by atoms with Gasteiger partial charge in [-0.05, 0) is 104 Å². The largest absolute Gasteiger partial charge is 0.392 e. The van der Waals surface area contributed by atoms with Gasteiger partial charge < -0.3 is 5.11 Å². The number of hydrogen-bond acceptors (Lipinski definition) is 3. The van der Waals surface area contributed by atoms with Crippen molar-refractivity contribution in [2.24, 2.45) is 34.5 Å². The number of aliphatic hydroxyl groups is 1. The Balaban J connectivity index is 1.37. The van der Waals surface area contributed by atoms with E-state index in [9.17, 15) is 14.7 Å². The number of benzene rings is 1. The summed E-state index contributed by atoms with van der Waals surface area (Å²) < 4.78 is 0. The van der Waals surface area contributed by atoms with Gasteiger partial charge in [0.15, 0.2) is 0 Å². The summed E-state index contributed by atoms with van der Waals surface area (Å²) >= 11 is 0. The van der Waals surface area contributed by atoms with E-state index in [0.717, 1.165) is 50.5 Å². The number of carbonyl (C=O) groups is 2. The van der Waals surface area contributed by atoms with Gasteiger partial charge in [-0.25, -0.2) is 0 Å². The second-order valence-electron chi connectivity index (χ2n) is 11.8. The van der Waals surface area contributed by atoms with Crippen LogP contribution in [0.1, 0.15) is 89.2 Å². The molecule has 4 aliphatic carbocycles. The van der Waals surface area contributed by atoms with Crippen molar-refractivity contribution in [3.8, 4) is 0 Å². The fourth-order valence-corrected chi connectivity index (χ4v) is 8.81. The van der Waals surface area contributed by atoms with Crippen LogP contribution in [-0.2, 0) is 22.6 Å². The van der Waals surface area contributed by atoms with Crippen molar-refractivity contribution in [1.29, 1.82) is 0 Å². The van der Waals surface area contributed by atoms with Crippen molar-refractivity contribution >= 4 is 11.6 Å². The first-order valence-corrected chi connectivity index (χ1v) is 13.3. The molecule has 0 amide bonds. The number of allylic oxidation sites excluding steroid dienone is 2. The van der Waals surface area contributed by atoms with E-state index >= 15 is 0 Å². The van der Waals surface area contributed by atoms with Crippen LogP contribution in [0.15, 0.2) is 35.9 Å². The Labute approximate surface area is 199 Å². The molecule has 4 aliphatic rings. The molecule has 0 radical (unpaired) electrons. The summed E-state index contributed by atoms with van der Waals surface area (Å²) in [5.41, 5.74) is 4.09. The summed E-state index contributed by atoms with van der Waals surface area (Å²) in [4.78, 5) is 25.0. The number of hydrogen-bond donors (Lipinski definition) is 1. The van der Waals surface area contributed by atoms with Crippen molar-refractivity contribution < 1.29 is 14.7 Å². The first-order valence-electron chi connectivity index (χ1n) is 13.3. The van der Waals surface area contributed by atoms with E-state index in [1.165, 1.54) is 30.4 Å². The van der Waals surface area contributed by atoms with Crippen LogP contribution in [0, 0.1) is 34.5 Å². The highest BCUT2D eigenvalue weighted by Gasteiger charge is 2.60. The zero-order valence-electron chi connectivity index (χ0n) is 20.4. The monoisotopic (exact) mass is 448 g/mol. The Morgan fingerprint density at radius 2 is 1.82 bits per heavy atom. The van der Waals surface area contributed by atoms with E-state index in [0.29, 0.717) is 35.7 Å². The lowest BCUT2D eigenvalue weighted by molar-refractivity contribution is -0.130. The molecule has 178 valence electrons. The lowest BCUT2D eigenvalue weighted by atomic mass is 9.46. The first-order chi connectivity index (χ1) is 15.9. The molecule has 5 rings (SSSR count). The van der Waals surface area contributed by atoms with Gasteiger partial charge in [0.25, 0.3) is 0 Å². The summed E-state index contributed by atoms with van der Waals surface area (Å²) in [7, 11) is 0. The molecular formula is C30H40O3. The normalized spacial score (nSPS) is 37.7. The third kappa shape index (κ3) is 3.85. The molecule has 0 bridgehead atoms. The average molecular weight is 449 g/mol. The highest BCUT2D eigenvalue weighted by molar-refractivity contribution is 5.82. The van der Waals surface area contributed by atoms with Crippen LogP contribution in [0.25, 0.3) is 0 Å². The lowest BCUT2D eigenvalue weighted by Gasteiger charge is -2.58. The molecule has 0 aliphatic heterocycles. The molecule has 3 fully saturated rings. The lowest BCUT2D eigenvalue weighted by Crippen LogP contribution is -2.51. The van der Waals surface area contributed by atoms with E-state index < -0.39 is 0 Å². The summed E-state index contributed by atoms with van der Waals surface area (Å²) in [6.07, 6.45) is 14.0. The zero-order valence-corrected chi connectivity index (χ0v) is 20.4. The molecule has 3 heteroatoms. The average Bonchev–Trinajstić information content (AvgIpc) is 3.20. The number of Topliss-reactive ketones (excluding diaryl/α,β-unsaturated/α-hetero) is 2. The Morgan fingerprint density at radius 1 is 1.06 bits per heavy atom. The Hall–Kier alpha value is -1.74. The number of aliphatic hydroxyl groups excluding tert-OH is 1. The second-order valence-corrected chi connectivity index (χ2v) is 11.8. The molecule has 0 saturated heterocycles. The smallest absolute Gasteiger partial charge is 0.136 e. The second kappa shape index (κ2) is 8.80. The predicted octanol–water partition coefficient (Wildman–Crippen LogP) is 6.22. The molecule has 0 unspecified atom stereocenters. The molecule has 1 aromatic rings. The maximum Gasteiger partial charge on any atom is 0.136 e. The predicted molar refractivity (Wildman–Crippen MR) is 131 cm³/mol. The molecule has 3 saturated carbocycles.